The Labute approximate surface area is 55.0 Å². The molecule has 0 rings (SSSR count). The summed E-state index contributed by atoms with van der Waals surface area (Å²) < 4.78 is 35.4. The second kappa shape index (κ2) is 2.45. The predicted octanol–water partition coefficient (Wildman–Crippen LogP) is 2.59. The lowest BCUT2D eigenvalue weighted by Gasteiger charge is -2.25. The average Bonchev–Trinajstić information content (AvgIpc) is 1.64. The monoisotopic (exact) mass is 158 g/mol. The van der Waals surface area contributed by atoms with Crippen molar-refractivity contribution in [1.82, 2.24) is 0 Å². The zero-order chi connectivity index (χ0) is 7.71. The van der Waals surface area contributed by atoms with Crippen molar-refractivity contribution in [3.05, 3.63) is 0 Å². The van der Waals surface area contributed by atoms with E-state index >= 15 is 0 Å². The second-order valence-electron chi connectivity index (χ2n) is 2.27. The van der Waals surface area contributed by atoms with E-state index in [4.69, 9.17) is 0 Å². The van der Waals surface area contributed by atoms with Gasteiger partial charge in [-0.2, -0.15) is 13.2 Å². The Morgan fingerprint density at radius 3 is 1.67 bits per heavy atom. The van der Waals surface area contributed by atoms with E-state index in [1.165, 1.54) is 6.92 Å². The quantitative estimate of drug-likeness (QED) is 0.514. The minimum atomic E-state index is -4.09. The first-order valence-corrected chi connectivity index (χ1v) is 3.24. The number of rotatable bonds is 1. The molecular weight excluding hydrogens is 148 g/mol. The summed E-state index contributed by atoms with van der Waals surface area (Å²) in [5, 5.41) is -1.60. The van der Waals surface area contributed by atoms with Crippen LogP contribution in [-0.2, 0) is 0 Å². The van der Waals surface area contributed by atoms with E-state index in [-0.39, 0.29) is 6.42 Å². The van der Waals surface area contributed by atoms with Crippen LogP contribution in [0.1, 0.15) is 20.3 Å². The summed E-state index contributed by atoms with van der Waals surface area (Å²) in [6, 6.07) is 0. The smallest absolute Gasteiger partial charge is 0.170 e. The molecule has 56 valence electrons. The van der Waals surface area contributed by atoms with Crippen molar-refractivity contribution in [3.8, 4) is 0 Å². The Balaban J connectivity index is 4.14. The minimum Gasteiger partial charge on any atom is -0.170 e. The number of hydrogen-bond acceptors (Lipinski definition) is 0. The van der Waals surface area contributed by atoms with Crippen molar-refractivity contribution in [2.75, 3.05) is 0 Å². The van der Waals surface area contributed by atoms with Crippen LogP contribution in [0.2, 0.25) is 0 Å². The third-order valence-corrected chi connectivity index (χ3v) is 2.12. The van der Waals surface area contributed by atoms with Gasteiger partial charge in [0.2, 0.25) is 0 Å². The minimum absolute atomic E-state index is 0.0984. The van der Waals surface area contributed by atoms with Gasteiger partial charge in [0.05, 0.1) is 5.16 Å². The molecule has 0 aliphatic heterocycles. The van der Waals surface area contributed by atoms with Gasteiger partial charge >= 0.3 is 6.18 Å². The van der Waals surface area contributed by atoms with Gasteiger partial charge in [0.15, 0.2) is 0 Å². The molecule has 0 fully saturated rings. The van der Waals surface area contributed by atoms with E-state index in [0.717, 1.165) is 6.92 Å². The molecular formula is C5H10F3P. The van der Waals surface area contributed by atoms with E-state index in [2.05, 4.69) is 0 Å². The van der Waals surface area contributed by atoms with Crippen LogP contribution in [0.25, 0.3) is 0 Å². The van der Waals surface area contributed by atoms with Gasteiger partial charge in [-0.1, -0.05) is 6.92 Å². The van der Waals surface area contributed by atoms with Crippen molar-refractivity contribution in [3.63, 3.8) is 0 Å². The largest absolute Gasteiger partial charge is 0.397 e. The van der Waals surface area contributed by atoms with Crippen molar-refractivity contribution >= 4 is 9.24 Å². The molecule has 0 aliphatic rings. The van der Waals surface area contributed by atoms with E-state index in [1.807, 2.05) is 9.24 Å². The van der Waals surface area contributed by atoms with Crippen molar-refractivity contribution in [1.29, 1.82) is 0 Å². The zero-order valence-corrected chi connectivity index (χ0v) is 6.57. The van der Waals surface area contributed by atoms with Crippen molar-refractivity contribution < 1.29 is 13.2 Å². The second-order valence-corrected chi connectivity index (χ2v) is 3.54. The molecule has 9 heavy (non-hydrogen) atoms. The molecule has 0 aromatic carbocycles. The van der Waals surface area contributed by atoms with Gasteiger partial charge in [-0.3, -0.25) is 0 Å². The van der Waals surface area contributed by atoms with E-state index in [0.29, 0.717) is 0 Å². The molecule has 0 aromatic rings. The highest BCUT2D eigenvalue weighted by atomic mass is 31.0. The lowest BCUT2D eigenvalue weighted by molar-refractivity contribution is -0.156. The first kappa shape index (κ1) is 9.22. The summed E-state index contributed by atoms with van der Waals surface area (Å²) in [4.78, 5) is 0. The highest BCUT2D eigenvalue weighted by Gasteiger charge is 2.45. The first-order chi connectivity index (χ1) is 3.81. The summed E-state index contributed by atoms with van der Waals surface area (Å²) in [5.74, 6) is 0. The van der Waals surface area contributed by atoms with Gasteiger partial charge in [-0.25, -0.2) is 0 Å². The molecule has 0 N–H and O–H groups in total. The fourth-order valence-electron chi connectivity index (χ4n) is 0.200. The summed E-state index contributed by atoms with van der Waals surface area (Å²) in [6.07, 6.45) is -3.99. The highest BCUT2D eigenvalue weighted by molar-refractivity contribution is 7.19. The lowest BCUT2D eigenvalue weighted by Crippen LogP contribution is -2.34. The normalized spacial score (nSPS) is 19.3. The molecule has 0 saturated carbocycles. The molecule has 0 spiro atoms. The van der Waals surface area contributed by atoms with E-state index in [1.54, 1.807) is 0 Å². The fourth-order valence-corrected chi connectivity index (χ4v) is 0.200. The standard InChI is InChI=1S/C5H10F3P/c1-3-4(2,9)5(6,7)8/h3,9H2,1-2H3. The SMILES string of the molecule is CCC(C)(P)C(F)(F)F. The molecule has 0 amide bonds. The lowest BCUT2D eigenvalue weighted by atomic mass is 10.1. The Morgan fingerprint density at radius 1 is 1.33 bits per heavy atom. The maximum atomic E-state index is 11.8. The number of hydrogen-bond donors (Lipinski definition) is 0. The van der Waals surface area contributed by atoms with Crippen LogP contribution in [0.5, 0.6) is 0 Å². The maximum absolute atomic E-state index is 11.8. The molecule has 2 atom stereocenters. The highest BCUT2D eigenvalue weighted by Crippen LogP contribution is 2.39. The molecule has 4 heteroatoms. The summed E-state index contributed by atoms with van der Waals surface area (Å²) in [7, 11) is 1.81. The number of halogens is 3. The van der Waals surface area contributed by atoms with Gasteiger partial charge < -0.3 is 0 Å². The number of alkyl halides is 3. The molecule has 0 bridgehead atoms. The van der Waals surface area contributed by atoms with Gasteiger partial charge in [0.1, 0.15) is 0 Å². The van der Waals surface area contributed by atoms with Crippen LogP contribution in [-0.4, -0.2) is 11.3 Å². The third-order valence-electron chi connectivity index (χ3n) is 1.38. The average molecular weight is 158 g/mol. The third kappa shape index (κ3) is 2.13. The summed E-state index contributed by atoms with van der Waals surface area (Å²) >= 11 is 0. The predicted molar refractivity (Wildman–Crippen MR) is 34.5 cm³/mol. The Kier molecular flexibility index (Phi) is 2.51. The Morgan fingerprint density at radius 2 is 1.67 bits per heavy atom. The molecule has 0 saturated heterocycles. The summed E-state index contributed by atoms with van der Waals surface area (Å²) in [5.41, 5.74) is 0. The van der Waals surface area contributed by atoms with Crippen molar-refractivity contribution in [2.45, 2.75) is 31.6 Å². The maximum Gasteiger partial charge on any atom is 0.397 e. The fraction of sp³-hybridized carbons (Fsp3) is 1.00. The molecule has 0 radical (unpaired) electrons. The molecule has 0 heterocycles. The van der Waals surface area contributed by atoms with Crippen LogP contribution in [0.15, 0.2) is 0 Å². The van der Waals surface area contributed by atoms with E-state index in [9.17, 15) is 13.2 Å². The van der Waals surface area contributed by atoms with Gasteiger partial charge in [0, 0.05) is 0 Å². The molecule has 2 unspecified atom stereocenters. The first-order valence-electron chi connectivity index (χ1n) is 2.67. The molecule has 0 nitrogen and oxygen atoms in total. The van der Waals surface area contributed by atoms with Gasteiger partial charge in [-0.05, 0) is 13.3 Å². The van der Waals surface area contributed by atoms with Crippen LogP contribution in [0.3, 0.4) is 0 Å². The zero-order valence-electron chi connectivity index (χ0n) is 5.42. The van der Waals surface area contributed by atoms with Crippen LogP contribution < -0.4 is 0 Å². The van der Waals surface area contributed by atoms with Gasteiger partial charge in [-0.15, -0.1) is 9.24 Å². The van der Waals surface area contributed by atoms with Crippen molar-refractivity contribution in [2.24, 2.45) is 0 Å². The Hall–Kier alpha value is 0.220. The molecule has 0 aromatic heterocycles. The Bertz CT molecular complexity index is 94.9. The van der Waals surface area contributed by atoms with Gasteiger partial charge in [0.25, 0.3) is 0 Å². The van der Waals surface area contributed by atoms with Crippen LogP contribution in [0.4, 0.5) is 13.2 Å². The topological polar surface area (TPSA) is 0 Å². The van der Waals surface area contributed by atoms with E-state index < -0.39 is 11.3 Å². The van der Waals surface area contributed by atoms with Crippen LogP contribution >= 0.6 is 9.24 Å². The summed E-state index contributed by atoms with van der Waals surface area (Å²) in [6.45, 7) is 2.68. The molecule has 0 aliphatic carbocycles. The van der Waals surface area contributed by atoms with Crippen LogP contribution in [0, 0.1) is 0 Å².